The van der Waals surface area contributed by atoms with Crippen LogP contribution in [0.4, 0.5) is 5.69 Å². The van der Waals surface area contributed by atoms with E-state index in [1.807, 2.05) is 66.0 Å². The Balaban J connectivity index is 1.63. The molecule has 0 saturated carbocycles. The molecule has 29 heavy (non-hydrogen) atoms. The molecule has 0 saturated heterocycles. The molecule has 8 heteroatoms. The van der Waals surface area contributed by atoms with Crippen molar-refractivity contribution in [1.82, 2.24) is 9.66 Å². The molecule has 0 radical (unpaired) electrons. The van der Waals surface area contributed by atoms with Crippen molar-refractivity contribution in [3.8, 4) is 11.1 Å². The van der Waals surface area contributed by atoms with Crippen LogP contribution in [-0.4, -0.2) is 20.8 Å². The van der Waals surface area contributed by atoms with E-state index < -0.39 is 5.25 Å². The highest BCUT2D eigenvalue weighted by Crippen LogP contribution is 2.32. The standard InChI is InChI=1S/C21H18N4O2S2/c1-13(18(26)23-15-10-6-3-7-11-15)29-21-24-19-17(20(27)25(21)22)16(12-28-19)14-8-4-2-5-9-14/h2-13H,22H2,1H3,(H,23,26)/t13-/m0/s1. The van der Waals surface area contributed by atoms with Crippen molar-refractivity contribution >= 4 is 44.9 Å². The van der Waals surface area contributed by atoms with Crippen LogP contribution in [0.1, 0.15) is 6.92 Å². The van der Waals surface area contributed by atoms with Gasteiger partial charge in [-0.15, -0.1) is 11.3 Å². The molecular formula is C21H18N4O2S2. The molecule has 0 aliphatic carbocycles. The number of aromatic nitrogens is 2. The second-order valence-electron chi connectivity index (χ2n) is 6.38. The van der Waals surface area contributed by atoms with E-state index in [2.05, 4.69) is 10.3 Å². The van der Waals surface area contributed by atoms with Gasteiger partial charge in [0.05, 0.1) is 10.6 Å². The number of thiophene rings is 1. The van der Waals surface area contributed by atoms with Gasteiger partial charge in [-0.05, 0) is 24.6 Å². The number of nitrogens with one attached hydrogen (secondary N) is 1. The van der Waals surface area contributed by atoms with Crippen LogP contribution in [0, 0.1) is 0 Å². The van der Waals surface area contributed by atoms with Crippen molar-refractivity contribution < 1.29 is 4.79 Å². The summed E-state index contributed by atoms with van der Waals surface area (Å²) in [5.74, 6) is 5.86. The number of hydrogen-bond acceptors (Lipinski definition) is 6. The van der Waals surface area contributed by atoms with Crippen molar-refractivity contribution in [3.05, 3.63) is 76.4 Å². The van der Waals surface area contributed by atoms with Crippen LogP contribution in [0.3, 0.4) is 0 Å². The van der Waals surface area contributed by atoms with Crippen LogP contribution >= 0.6 is 23.1 Å². The third kappa shape index (κ3) is 3.90. The number of para-hydroxylation sites is 1. The first kappa shape index (κ1) is 19.2. The summed E-state index contributed by atoms with van der Waals surface area (Å²) in [4.78, 5) is 30.6. The van der Waals surface area contributed by atoms with Gasteiger partial charge in [-0.1, -0.05) is 60.3 Å². The number of hydrogen-bond donors (Lipinski definition) is 2. The van der Waals surface area contributed by atoms with E-state index in [0.717, 1.165) is 27.6 Å². The summed E-state index contributed by atoms with van der Waals surface area (Å²) in [7, 11) is 0. The third-order valence-corrected chi connectivity index (χ3v) is 6.32. The molecule has 1 atom stereocenters. The summed E-state index contributed by atoms with van der Waals surface area (Å²) in [6.07, 6.45) is 0. The molecule has 0 unspecified atom stereocenters. The van der Waals surface area contributed by atoms with Gasteiger partial charge in [-0.25, -0.2) is 9.66 Å². The lowest BCUT2D eigenvalue weighted by molar-refractivity contribution is -0.115. The minimum Gasteiger partial charge on any atom is -0.334 e. The summed E-state index contributed by atoms with van der Waals surface area (Å²) < 4.78 is 1.03. The molecule has 0 fully saturated rings. The number of fused-ring (bicyclic) bond motifs is 1. The normalized spacial score (nSPS) is 12.0. The van der Waals surface area contributed by atoms with Gasteiger partial charge in [0.25, 0.3) is 5.56 Å². The Kier molecular flexibility index (Phi) is 5.37. The number of nitrogens with zero attached hydrogens (tertiary/aromatic N) is 2. The molecule has 6 nitrogen and oxygen atoms in total. The van der Waals surface area contributed by atoms with Crippen molar-refractivity contribution in [3.63, 3.8) is 0 Å². The molecule has 2 aromatic heterocycles. The van der Waals surface area contributed by atoms with E-state index in [0.29, 0.717) is 21.1 Å². The fraction of sp³-hybridized carbons (Fsp3) is 0.0952. The number of carbonyl (C=O) groups is 1. The molecule has 0 bridgehead atoms. The molecule has 3 N–H and O–H groups in total. The van der Waals surface area contributed by atoms with E-state index in [1.165, 1.54) is 11.3 Å². The lowest BCUT2D eigenvalue weighted by Gasteiger charge is -2.13. The molecule has 2 aromatic carbocycles. The number of carbonyl (C=O) groups excluding carboxylic acids is 1. The fourth-order valence-electron chi connectivity index (χ4n) is 2.88. The van der Waals surface area contributed by atoms with Gasteiger partial charge in [0.1, 0.15) is 4.83 Å². The Bertz CT molecular complexity index is 1220. The molecule has 4 aromatic rings. The number of anilines is 1. The van der Waals surface area contributed by atoms with Gasteiger partial charge in [-0.2, -0.15) is 0 Å². The summed E-state index contributed by atoms with van der Waals surface area (Å²) >= 11 is 2.54. The average Bonchev–Trinajstić information content (AvgIpc) is 3.17. The molecule has 0 aliphatic rings. The highest BCUT2D eigenvalue weighted by Gasteiger charge is 2.21. The molecule has 0 aliphatic heterocycles. The third-order valence-electron chi connectivity index (χ3n) is 4.39. The zero-order valence-electron chi connectivity index (χ0n) is 15.5. The van der Waals surface area contributed by atoms with E-state index in [1.54, 1.807) is 6.92 Å². The van der Waals surface area contributed by atoms with Gasteiger partial charge in [0.2, 0.25) is 5.91 Å². The van der Waals surface area contributed by atoms with Gasteiger partial charge >= 0.3 is 0 Å². The molecule has 1 amide bonds. The zero-order chi connectivity index (χ0) is 20.4. The number of nitrogens with two attached hydrogens (primary N) is 1. The first-order chi connectivity index (χ1) is 14.0. The van der Waals surface area contributed by atoms with Crippen LogP contribution < -0.4 is 16.7 Å². The van der Waals surface area contributed by atoms with Gasteiger partial charge < -0.3 is 11.2 Å². The van der Waals surface area contributed by atoms with E-state index in [4.69, 9.17) is 5.84 Å². The van der Waals surface area contributed by atoms with Crippen molar-refractivity contribution in [2.45, 2.75) is 17.3 Å². The molecule has 2 heterocycles. The van der Waals surface area contributed by atoms with E-state index in [-0.39, 0.29) is 11.5 Å². The second kappa shape index (κ2) is 8.10. The predicted octanol–water partition coefficient (Wildman–Crippen LogP) is 3.96. The van der Waals surface area contributed by atoms with Crippen LogP contribution in [0.2, 0.25) is 0 Å². The minimum atomic E-state index is -0.483. The Morgan fingerprint density at radius 3 is 2.48 bits per heavy atom. The van der Waals surface area contributed by atoms with Crippen molar-refractivity contribution in [2.24, 2.45) is 0 Å². The molecular weight excluding hydrogens is 404 g/mol. The largest absolute Gasteiger partial charge is 0.334 e. The number of nitrogen functional groups attached to an aromatic ring is 1. The summed E-state index contributed by atoms with van der Waals surface area (Å²) in [5, 5.41) is 5.07. The monoisotopic (exact) mass is 422 g/mol. The number of rotatable bonds is 5. The lowest BCUT2D eigenvalue weighted by atomic mass is 10.1. The molecule has 146 valence electrons. The van der Waals surface area contributed by atoms with Gasteiger partial charge in [0, 0.05) is 16.6 Å². The fourth-order valence-corrected chi connectivity index (χ4v) is 4.69. The highest BCUT2D eigenvalue weighted by atomic mass is 32.2. The van der Waals surface area contributed by atoms with E-state index >= 15 is 0 Å². The maximum Gasteiger partial charge on any atom is 0.282 e. The van der Waals surface area contributed by atoms with Crippen LogP contribution in [0.5, 0.6) is 0 Å². The maximum absolute atomic E-state index is 12.9. The SMILES string of the molecule is C[C@H](Sc1nc2scc(-c3ccccc3)c2c(=O)n1N)C(=O)Nc1ccccc1. The summed E-state index contributed by atoms with van der Waals surface area (Å²) in [6, 6.07) is 18.9. The van der Waals surface area contributed by atoms with Crippen molar-refractivity contribution in [2.75, 3.05) is 11.2 Å². The van der Waals surface area contributed by atoms with Gasteiger partial charge in [0.15, 0.2) is 5.16 Å². The first-order valence-corrected chi connectivity index (χ1v) is 10.7. The van der Waals surface area contributed by atoms with Crippen molar-refractivity contribution in [1.29, 1.82) is 0 Å². The Labute approximate surface area is 175 Å². The van der Waals surface area contributed by atoms with Crippen LogP contribution in [-0.2, 0) is 4.79 Å². The van der Waals surface area contributed by atoms with Crippen LogP contribution in [0.15, 0.2) is 76.0 Å². The zero-order valence-corrected chi connectivity index (χ0v) is 17.2. The quantitative estimate of drug-likeness (QED) is 0.289. The molecule has 0 spiro atoms. The maximum atomic E-state index is 12.9. The molecule has 4 rings (SSSR count). The van der Waals surface area contributed by atoms with Crippen LogP contribution in [0.25, 0.3) is 21.3 Å². The van der Waals surface area contributed by atoms with Gasteiger partial charge in [-0.3, -0.25) is 9.59 Å². The summed E-state index contributed by atoms with van der Waals surface area (Å²) in [5.41, 5.74) is 2.14. The predicted molar refractivity (Wildman–Crippen MR) is 120 cm³/mol. The number of thioether (sulfide) groups is 1. The second-order valence-corrected chi connectivity index (χ2v) is 8.55. The number of amides is 1. The lowest BCUT2D eigenvalue weighted by Crippen LogP contribution is -2.31. The smallest absolute Gasteiger partial charge is 0.282 e. The Morgan fingerprint density at radius 1 is 1.14 bits per heavy atom. The first-order valence-electron chi connectivity index (χ1n) is 8.92. The highest BCUT2D eigenvalue weighted by molar-refractivity contribution is 8.00. The van der Waals surface area contributed by atoms with E-state index in [9.17, 15) is 9.59 Å². The number of benzene rings is 2. The Morgan fingerprint density at radius 2 is 1.79 bits per heavy atom. The average molecular weight is 423 g/mol. The summed E-state index contributed by atoms with van der Waals surface area (Å²) in [6.45, 7) is 1.75. The Hall–Kier alpha value is -3.10. The topological polar surface area (TPSA) is 90.0 Å². The minimum absolute atomic E-state index is 0.188.